The molecule has 49 heavy (non-hydrogen) atoms. The summed E-state index contributed by atoms with van der Waals surface area (Å²) in [7, 11) is 4.53. The highest BCUT2D eigenvalue weighted by Crippen LogP contribution is 2.38. The van der Waals surface area contributed by atoms with Crippen molar-refractivity contribution in [3.63, 3.8) is 0 Å². The van der Waals surface area contributed by atoms with Crippen molar-refractivity contribution in [2.45, 2.75) is 25.5 Å². The third-order valence-electron chi connectivity index (χ3n) is 9.00. The smallest absolute Gasteiger partial charge is 0.338 e. The van der Waals surface area contributed by atoms with Gasteiger partial charge in [-0.05, 0) is 60.0 Å². The van der Waals surface area contributed by atoms with Crippen LogP contribution in [-0.4, -0.2) is 83.5 Å². The lowest BCUT2D eigenvalue weighted by atomic mass is 10.00. The van der Waals surface area contributed by atoms with Crippen LogP contribution in [-0.2, 0) is 22.5 Å². The summed E-state index contributed by atoms with van der Waals surface area (Å²) in [6.45, 7) is 4.53. The monoisotopic (exact) mass is 665 g/mol. The first-order chi connectivity index (χ1) is 23.9. The Morgan fingerprint density at radius 3 is 2.10 bits per heavy atom. The summed E-state index contributed by atoms with van der Waals surface area (Å²) in [5.41, 5.74) is 4.51. The fourth-order valence-electron chi connectivity index (χ4n) is 6.41. The molecule has 2 aliphatic rings. The van der Waals surface area contributed by atoms with Crippen LogP contribution in [0.15, 0.2) is 91.0 Å². The van der Waals surface area contributed by atoms with E-state index in [1.54, 1.807) is 12.1 Å². The first-order valence-electron chi connectivity index (χ1n) is 16.6. The number of benzene rings is 4. The van der Waals surface area contributed by atoms with Crippen molar-refractivity contribution < 1.29 is 33.3 Å². The summed E-state index contributed by atoms with van der Waals surface area (Å²) in [5.74, 6) is 1.39. The molecule has 2 aliphatic heterocycles. The lowest BCUT2D eigenvalue weighted by molar-refractivity contribution is -0.119. The summed E-state index contributed by atoms with van der Waals surface area (Å²) >= 11 is 0. The number of piperazine rings is 1. The molecule has 0 aromatic heterocycles. The summed E-state index contributed by atoms with van der Waals surface area (Å²) < 4.78 is 28.8. The average Bonchev–Trinajstić information content (AvgIpc) is 3.15. The van der Waals surface area contributed by atoms with E-state index < -0.39 is 12.1 Å². The van der Waals surface area contributed by atoms with E-state index in [-0.39, 0.29) is 18.1 Å². The van der Waals surface area contributed by atoms with Gasteiger partial charge in [0.1, 0.15) is 18.5 Å². The number of carbonyl (C=O) groups is 2. The highest BCUT2D eigenvalue weighted by Gasteiger charge is 2.27. The molecule has 0 aliphatic carbocycles. The molecular formula is C39H43N3O7. The van der Waals surface area contributed by atoms with E-state index in [0.717, 1.165) is 43.0 Å². The lowest BCUT2D eigenvalue weighted by Gasteiger charge is -2.37. The minimum absolute atomic E-state index is 0.108. The highest BCUT2D eigenvalue weighted by molar-refractivity contribution is 5.96. The fraction of sp³-hybridized carbons (Fsp3) is 0.333. The van der Waals surface area contributed by atoms with Crippen molar-refractivity contribution in [1.82, 2.24) is 4.90 Å². The number of hydrogen-bond acceptors (Lipinski definition) is 9. The molecule has 0 spiro atoms. The number of ether oxygens (including phenoxy) is 5. The van der Waals surface area contributed by atoms with Gasteiger partial charge in [0.15, 0.2) is 11.5 Å². The molecule has 0 saturated carbocycles. The van der Waals surface area contributed by atoms with E-state index in [1.807, 2.05) is 59.5 Å². The Morgan fingerprint density at radius 1 is 0.776 bits per heavy atom. The van der Waals surface area contributed by atoms with Crippen LogP contribution < -0.4 is 28.7 Å². The number of carbonyl (C=O) groups excluding carboxylic acids is 2. The highest BCUT2D eigenvalue weighted by atomic mass is 16.6. The van der Waals surface area contributed by atoms with Crippen LogP contribution in [0.25, 0.3) is 0 Å². The Hall–Kier alpha value is -5.22. The third-order valence-corrected chi connectivity index (χ3v) is 9.00. The van der Waals surface area contributed by atoms with Crippen molar-refractivity contribution in [2.75, 3.05) is 70.5 Å². The number of esters is 1. The number of anilines is 2. The fourth-order valence-corrected chi connectivity index (χ4v) is 6.41. The lowest BCUT2D eigenvalue weighted by Crippen LogP contribution is -2.50. The number of rotatable bonds is 13. The molecule has 0 radical (unpaired) electrons. The van der Waals surface area contributed by atoms with Gasteiger partial charge in [0, 0.05) is 50.5 Å². The zero-order chi connectivity index (χ0) is 34.2. The van der Waals surface area contributed by atoms with E-state index in [2.05, 4.69) is 34.1 Å². The number of methoxy groups -OCH3 is 3. The van der Waals surface area contributed by atoms with Gasteiger partial charge in [0.25, 0.3) is 0 Å². The first-order valence-corrected chi connectivity index (χ1v) is 16.6. The predicted molar refractivity (Wildman–Crippen MR) is 188 cm³/mol. The van der Waals surface area contributed by atoms with Gasteiger partial charge in [-0.1, -0.05) is 48.5 Å². The molecule has 256 valence electrons. The Bertz CT molecular complexity index is 1700. The maximum atomic E-state index is 13.6. The quantitative estimate of drug-likeness (QED) is 0.169. The summed E-state index contributed by atoms with van der Waals surface area (Å²) in [4.78, 5) is 33.0. The minimum atomic E-state index is -0.568. The molecule has 1 atom stereocenters. The maximum absolute atomic E-state index is 13.6. The van der Waals surface area contributed by atoms with Crippen LogP contribution in [0.4, 0.5) is 11.4 Å². The van der Waals surface area contributed by atoms with Crippen LogP contribution in [0.5, 0.6) is 23.0 Å². The van der Waals surface area contributed by atoms with Crippen LogP contribution in [0, 0.1) is 0 Å². The largest absolute Gasteiger partial charge is 0.493 e. The molecule has 0 bridgehead atoms. The topological polar surface area (TPSA) is 90.0 Å². The number of hydrogen-bond donors (Lipinski definition) is 0. The zero-order valence-electron chi connectivity index (χ0n) is 28.3. The summed E-state index contributed by atoms with van der Waals surface area (Å²) in [6.07, 6.45) is 0.511. The van der Waals surface area contributed by atoms with Gasteiger partial charge in [0.2, 0.25) is 11.7 Å². The predicted octanol–water partition coefficient (Wildman–Crippen LogP) is 5.62. The molecule has 0 N–H and O–H groups in total. The van der Waals surface area contributed by atoms with Crippen molar-refractivity contribution in [1.29, 1.82) is 0 Å². The number of aryl methyl sites for hydroxylation is 1. The molecule has 4 aromatic rings. The zero-order valence-corrected chi connectivity index (χ0v) is 28.3. The molecule has 1 fully saturated rings. The van der Waals surface area contributed by atoms with Crippen molar-refractivity contribution in [3.8, 4) is 23.0 Å². The second-order valence-corrected chi connectivity index (χ2v) is 12.1. The number of fused-ring (bicyclic) bond motifs is 1. The molecule has 10 nitrogen and oxygen atoms in total. The second kappa shape index (κ2) is 15.8. The van der Waals surface area contributed by atoms with Gasteiger partial charge in [-0.15, -0.1) is 0 Å². The van der Waals surface area contributed by atoms with Gasteiger partial charge >= 0.3 is 5.97 Å². The van der Waals surface area contributed by atoms with Gasteiger partial charge in [-0.3, -0.25) is 9.69 Å². The average molecular weight is 666 g/mol. The van der Waals surface area contributed by atoms with Crippen molar-refractivity contribution >= 4 is 23.3 Å². The molecule has 1 amide bonds. The number of nitrogens with zero attached hydrogens (tertiary/aromatic N) is 3. The Kier molecular flexibility index (Phi) is 10.8. The normalized spacial score (nSPS) is 15.3. The van der Waals surface area contributed by atoms with Crippen LogP contribution in [0.3, 0.4) is 0 Å². The second-order valence-electron chi connectivity index (χ2n) is 12.1. The molecule has 4 aromatic carbocycles. The SMILES string of the molecule is COc1cc(C(=O)OC(COc2ccc3c(c2)CCC(=O)N3Cc2ccccc2)CN2CCN(c3ccccc3)CC2)cc(OC)c1OC. The van der Waals surface area contributed by atoms with Gasteiger partial charge in [-0.25, -0.2) is 4.79 Å². The van der Waals surface area contributed by atoms with Crippen molar-refractivity contribution in [2.24, 2.45) is 0 Å². The van der Waals surface area contributed by atoms with Crippen LogP contribution in [0.2, 0.25) is 0 Å². The third kappa shape index (κ3) is 8.09. The van der Waals surface area contributed by atoms with Crippen LogP contribution >= 0.6 is 0 Å². The summed E-state index contributed by atoms with van der Waals surface area (Å²) in [6, 6.07) is 29.4. The van der Waals surface area contributed by atoms with E-state index in [1.165, 1.54) is 27.0 Å². The molecule has 6 rings (SSSR count). The molecule has 10 heteroatoms. The number of para-hydroxylation sites is 1. The van der Waals surface area contributed by atoms with E-state index in [0.29, 0.717) is 48.9 Å². The van der Waals surface area contributed by atoms with Gasteiger partial charge < -0.3 is 33.5 Å². The maximum Gasteiger partial charge on any atom is 0.338 e. The molecule has 1 saturated heterocycles. The molecule has 2 heterocycles. The standard InChI is InChI=1S/C39H43N3O7/c1-45-35-23-30(24-36(46-2)38(35)47-3)39(44)49-33(26-40-18-20-41(21-19-40)31-12-8-5-9-13-31)27-48-32-15-16-34-29(22-32)14-17-37(43)42(34)25-28-10-6-4-7-11-28/h4-13,15-16,22-24,33H,14,17-21,25-27H2,1-3H3. The van der Waals surface area contributed by atoms with Crippen molar-refractivity contribution in [3.05, 3.63) is 108 Å². The summed E-state index contributed by atoms with van der Waals surface area (Å²) in [5, 5.41) is 0. The molecule has 1 unspecified atom stereocenters. The van der Waals surface area contributed by atoms with Gasteiger partial charge in [-0.2, -0.15) is 0 Å². The van der Waals surface area contributed by atoms with E-state index in [9.17, 15) is 9.59 Å². The molecular weight excluding hydrogens is 622 g/mol. The Labute approximate surface area is 287 Å². The van der Waals surface area contributed by atoms with Crippen LogP contribution in [0.1, 0.15) is 27.9 Å². The number of amides is 1. The first kappa shape index (κ1) is 33.7. The van der Waals surface area contributed by atoms with E-state index >= 15 is 0 Å². The Morgan fingerprint density at radius 2 is 1.45 bits per heavy atom. The Balaban J connectivity index is 1.17. The minimum Gasteiger partial charge on any atom is -0.493 e. The van der Waals surface area contributed by atoms with E-state index in [4.69, 9.17) is 23.7 Å². The van der Waals surface area contributed by atoms with Gasteiger partial charge in [0.05, 0.1) is 33.4 Å².